The van der Waals surface area contributed by atoms with E-state index in [2.05, 4.69) is 5.32 Å². The Balaban J connectivity index is 2.16. The van der Waals surface area contributed by atoms with E-state index in [-0.39, 0.29) is 23.7 Å². The molecular weight excluding hydrogens is 222 g/mol. The van der Waals surface area contributed by atoms with Crippen molar-refractivity contribution in [1.82, 2.24) is 5.32 Å². The van der Waals surface area contributed by atoms with E-state index in [1.165, 1.54) is 0 Å². The minimum atomic E-state index is -0.774. The summed E-state index contributed by atoms with van der Waals surface area (Å²) in [6.07, 6.45) is 2.01. The fraction of sp³-hybridized carbons (Fsp3) is 0.818. The fourth-order valence-corrected chi connectivity index (χ4v) is 2.93. The molecule has 2 unspecified atom stereocenters. The van der Waals surface area contributed by atoms with E-state index in [1.807, 2.05) is 0 Å². The molecule has 2 atom stereocenters. The molecule has 2 heterocycles. The van der Waals surface area contributed by atoms with Gasteiger partial charge in [0.05, 0.1) is 5.92 Å². The maximum atomic E-state index is 11.8. The molecule has 0 aromatic heterocycles. The Morgan fingerprint density at radius 1 is 1.24 bits per heavy atom. The zero-order chi connectivity index (χ0) is 12.5. The van der Waals surface area contributed by atoms with Gasteiger partial charge in [0.25, 0.3) is 0 Å². The lowest BCUT2D eigenvalue weighted by molar-refractivity contribution is -0.128. The number of amides is 2. The van der Waals surface area contributed by atoms with Gasteiger partial charge in [-0.1, -0.05) is 0 Å². The molecular formula is C11H19N3O3. The highest BCUT2D eigenvalue weighted by Crippen LogP contribution is 2.36. The Hall–Kier alpha value is -1.14. The van der Waals surface area contributed by atoms with Crippen molar-refractivity contribution in [2.75, 3.05) is 19.8 Å². The average molecular weight is 241 g/mol. The second kappa shape index (κ2) is 4.62. The number of nitrogens with two attached hydrogens (primary N) is 2. The monoisotopic (exact) mass is 241 g/mol. The van der Waals surface area contributed by atoms with E-state index < -0.39 is 5.54 Å². The topological polar surface area (TPSA) is 107 Å². The minimum absolute atomic E-state index is 0.137. The van der Waals surface area contributed by atoms with Crippen molar-refractivity contribution < 1.29 is 14.3 Å². The molecule has 5 N–H and O–H groups in total. The van der Waals surface area contributed by atoms with Gasteiger partial charge in [-0.15, -0.1) is 0 Å². The van der Waals surface area contributed by atoms with E-state index in [1.54, 1.807) is 0 Å². The molecule has 0 bridgehead atoms. The van der Waals surface area contributed by atoms with Crippen LogP contribution >= 0.6 is 0 Å². The molecule has 2 saturated heterocycles. The summed E-state index contributed by atoms with van der Waals surface area (Å²) in [6.45, 7) is 1.72. The van der Waals surface area contributed by atoms with Crippen LogP contribution in [0.4, 0.5) is 0 Å². The van der Waals surface area contributed by atoms with Crippen LogP contribution in [0.5, 0.6) is 0 Å². The van der Waals surface area contributed by atoms with Crippen LogP contribution in [0.1, 0.15) is 19.3 Å². The van der Waals surface area contributed by atoms with Gasteiger partial charge in [0.1, 0.15) is 5.54 Å². The SMILES string of the molecule is NC(=O)C1CNC(C(N)=O)(C2CCOCC2)C1. The number of primary amides is 2. The van der Waals surface area contributed by atoms with Crippen LogP contribution in [0.2, 0.25) is 0 Å². The predicted octanol–water partition coefficient (Wildman–Crippen LogP) is -1.27. The maximum Gasteiger partial charge on any atom is 0.238 e. The first-order valence-corrected chi connectivity index (χ1v) is 5.98. The number of nitrogens with one attached hydrogen (secondary N) is 1. The third kappa shape index (κ3) is 2.14. The zero-order valence-corrected chi connectivity index (χ0v) is 9.78. The first kappa shape index (κ1) is 12.3. The van der Waals surface area contributed by atoms with Crippen LogP contribution in [-0.4, -0.2) is 37.1 Å². The van der Waals surface area contributed by atoms with Gasteiger partial charge in [-0.3, -0.25) is 9.59 Å². The van der Waals surface area contributed by atoms with E-state index in [0.717, 1.165) is 12.8 Å². The number of carbonyl (C=O) groups is 2. The molecule has 2 amide bonds. The van der Waals surface area contributed by atoms with E-state index in [4.69, 9.17) is 16.2 Å². The molecule has 17 heavy (non-hydrogen) atoms. The highest BCUT2D eigenvalue weighted by Gasteiger charge is 2.50. The van der Waals surface area contributed by atoms with Gasteiger partial charge in [-0.2, -0.15) is 0 Å². The molecule has 2 fully saturated rings. The lowest BCUT2D eigenvalue weighted by atomic mass is 9.76. The van der Waals surface area contributed by atoms with E-state index in [0.29, 0.717) is 26.2 Å². The third-order valence-corrected chi connectivity index (χ3v) is 3.99. The lowest BCUT2D eigenvalue weighted by Gasteiger charge is -2.37. The van der Waals surface area contributed by atoms with Crippen molar-refractivity contribution >= 4 is 11.8 Å². The highest BCUT2D eigenvalue weighted by molar-refractivity contribution is 5.88. The summed E-state index contributed by atoms with van der Waals surface area (Å²) in [6, 6.07) is 0. The van der Waals surface area contributed by atoms with Crippen LogP contribution in [-0.2, 0) is 14.3 Å². The summed E-state index contributed by atoms with van der Waals surface area (Å²) in [5.74, 6) is -0.913. The summed E-state index contributed by atoms with van der Waals surface area (Å²) >= 11 is 0. The first-order valence-electron chi connectivity index (χ1n) is 5.98. The second-order valence-corrected chi connectivity index (χ2v) is 4.91. The summed E-state index contributed by atoms with van der Waals surface area (Å²) in [5.41, 5.74) is 10.1. The van der Waals surface area contributed by atoms with E-state index >= 15 is 0 Å². The van der Waals surface area contributed by atoms with Gasteiger partial charge in [0, 0.05) is 19.8 Å². The summed E-state index contributed by atoms with van der Waals surface area (Å²) in [5, 5.41) is 3.14. The van der Waals surface area contributed by atoms with Crippen LogP contribution < -0.4 is 16.8 Å². The van der Waals surface area contributed by atoms with Gasteiger partial charge in [-0.05, 0) is 25.2 Å². The van der Waals surface area contributed by atoms with Gasteiger partial charge in [0.2, 0.25) is 11.8 Å². The summed E-state index contributed by atoms with van der Waals surface area (Å²) in [4.78, 5) is 23.0. The zero-order valence-electron chi connectivity index (χ0n) is 9.78. The van der Waals surface area contributed by atoms with Crippen molar-refractivity contribution in [3.8, 4) is 0 Å². The maximum absolute atomic E-state index is 11.8. The molecule has 0 radical (unpaired) electrons. The quantitative estimate of drug-likeness (QED) is 0.572. The lowest BCUT2D eigenvalue weighted by Crippen LogP contribution is -2.58. The predicted molar refractivity (Wildman–Crippen MR) is 60.8 cm³/mol. The molecule has 6 nitrogen and oxygen atoms in total. The normalized spacial score (nSPS) is 34.7. The number of carbonyl (C=O) groups excluding carboxylic acids is 2. The van der Waals surface area contributed by atoms with Crippen molar-refractivity contribution in [1.29, 1.82) is 0 Å². The fourth-order valence-electron chi connectivity index (χ4n) is 2.93. The van der Waals surface area contributed by atoms with Crippen molar-refractivity contribution in [3.63, 3.8) is 0 Å². The molecule has 2 rings (SSSR count). The molecule has 2 aliphatic rings. The average Bonchev–Trinajstić information content (AvgIpc) is 2.76. The Kier molecular flexibility index (Phi) is 3.35. The molecule has 6 heteroatoms. The molecule has 0 spiro atoms. The van der Waals surface area contributed by atoms with Crippen LogP contribution in [0, 0.1) is 11.8 Å². The molecule has 0 saturated carbocycles. The standard InChI is InChI=1S/C11H19N3O3/c12-9(15)7-5-11(10(13)16,14-6-7)8-1-3-17-4-2-8/h7-8,14H,1-6H2,(H2,12,15)(H2,13,16). The molecule has 0 aliphatic carbocycles. The number of ether oxygens (including phenoxy) is 1. The van der Waals surface area contributed by atoms with E-state index in [9.17, 15) is 9.59 Å². The molecule has 96 valence electrons. The van der Waals surface area contributed by atoms with Gasteiger partial charge >= 0.3 is 0 Å². The van der Waals surface area contributed by atoms with Crippen molar-refractivity contribution in [2.24, 2.45) is 23.3 Å². The Morgan fingerprint density at radius 2 is 1.88 bits per heavy atom. The number of hydrogen-bond donors (Lipinski definition) is 3. The third-order valence-electron chi connectivity index (χ3n) is 3.99. The Bertz CT molecular complexity index is 328. The number of rotatable bonds is 3. The largest absolute Gasteiger partial charge is 0.381 e. The highest BCUT2D eigenvalue weighted by atomic mass is 16.5. The minimum Gasteiger partial charge on any atom is -0.381 e. The Labute approximate surface area is 100 Å². The van der Waals surface area contributed by atoms with Gasteiger partial charge < -0.3 is 21.5 Å². The summed E-state index contributed by atoms with van der Waals surface area (Å²) < 4.78 is 5.29. The second-order valence-electron chi connectivity index (χ2n) is 4.91. The van der Waals surface area contributed by atoms with Crippen molar-refractivity contribution in [2.45, 2.75) is 24.8 Å². The first-order chi connectivity index (χ1) is 8.06. The Morgan fingerprint density at radius 3 is 2.35 bits per heavy atom. The molecule has 2 aliphatic heterocycles. The van der Waals surface area contributed by atoms with Gasteiger partial charge in [-0.25, -0.2) is 0 Å². The van der Waals surface area contributed by atoms with Gasteiger partial charge in [0.15, 0.2) is 0 Å². The van der Waals surface area contributed by atoms with Crippen LogP contribution in [0.15, 0.2) is 0 Å². The molecule has 0 aromatic carbocycles. The van der Waals surface area contributed by atoms with Crippen LogP contribution in [0.25, 0.3) is 0 Å². The van der Waals surface area contributed by atoms with Crippen LogP contribution in [0.3, 0.4) is 0 Å². The summed E-state index contributed by atoms with van der Waals surface area (Å²) in [7, 11) is 0. The molecule has 0 aromatic rings. The smallest absolute Gasteiger partial charge is 0.238 e. The van der Waals surface area contributed by atoms with Crippen molar-refractivity contribution in [3.05, 3.63) is 0 Å². The number of hydrogen-bond acceptors (Lipinski definition) is 4.